The molecule has 34 heavy (non-hydrogen) atoms. The number of nitrogens with zero attached hydrogens (tertiary/aromatic N) is 4. The number of hydrogen-bond acceptors (Lipinski definition) is 7. The number of hydrogen-bond donors (Lipinski definition) is 1. The van der Waals surface area contributed by atoms with Gasteiger partial charge >= 0.3 is 0 Å². The quantitative estimate of drug-likeness (QED) is 0.333. The number of ether oxygens (including phenoxy) is 1. The van der Waals surface area contributed by atoms with Crippen LogP contribution in [0.5, 0.6) is 11.6 Å². The normalized spacial score (nSPS) is 10.7. The molecule has 3 aromatic heterocycles. The Labute approximate surface area is 199 Å². The molecular formula is C25H18ClN5O3. The molecule has 0 spiro atoms. The van der Waals surface area contributed by atoms with Crippen molar-refractivity contribution in [2.45, 2.75) is 6.54 Å². The van der Waals surface area contributed by atoms with Crippen molar-refractivity contribution in [3.05, 3.63) is 112 Å². The minimum atomic E-state index is -0.211. The lowest BCUT2D eigenvalue weighted by atomic mass is 10.2. The molecule has 8 nitrogen and oxygen atoms in total. The van der Waals surface area contributed by atoms with Crippen molar-refractivity contribution < 1.29 is 9.26 Å². The molecule has 0 unspecified atom stereocenters. The number of benzene rings is 2. The largest absolute Gasteiger partial charge is 0.436 e. The first kappa shape index (κ1) is 21.4. The Kier molecular flexibility index (Phi) is 6.05. The van der Waals surface area contributed by atoms with E-state index in [1.54, 1.807) is 53.2 Å². The van der Waals surface area contributed by atoms with Gasteiger partial charge in [0.05, 0.1) is 17.8 Å². The Morgan fingerprint density at radius 3 is 2.50 bits per heavy atom. The molecule has 0 fully saturated rings. The van der Waals surface area contributed by atoms with Crippen LogP contribution < -0.4 is 15.6 Å². The number of anilines is 2. The Bertz CT molecular complexity index is 1440. The van der Waals surface area contributed by atoms with Gasteiger partial charge in [-0.2, -0.15) is 0 Å². The summed E-state index contributed by atoms with van der Waals surface area (Å²) in [6, 6.07) is 21.6. The molecule has 0 aliphatic rings. The number of aromatic nitrogens is 4. The standard InChI is InChI=1S/C25H18ClN5O3/c26-18-6-4-17(5-7-18)16-31-24(32)21(22-3-1-2-13-27-22)15-28-25(31)29-19-8-10-20(11-9-19)34-23-12-14-33-30-23/h1-15H,16H2,(H,28,29). The van der Waals surface area contributed by atoms with Crippen LogP contribution in [0.2, 0.25) is 5.02 Å². The van der Waals surface area contributed by atoms with Gasteiger partial charge in [-0.1, -0.05) is 29.8 Å². The van der Waals surface area contributed by atoms with E-state index in [0.29, 0.717) is 40.4 Å². The summed E-state index contributed by atoms with van der Waals surface area (Å²) in [4.78, 5) is 22.3. The first-order valence-corrected chi connectivity index (χ1v) is 10.7. The van der Waals surface area contributed by atoms with Crippen molar-refractivity contribution in [1.29, 1.82) is 0 Å². The van der Waals surface area contributed by atoms with Crippen LogP contribution in [0, 0.1) is 0 Å². The van der Waals surface area contributed by atoms with Crippen molar-refractivity contribution >= 4 is 23.2 Å². The molecule has 168 valence electrons. The summed E-state index contributed by atoms with van der Waals surface area (Å²) in [5, 5.41) is 7.58. The molecular weight excluding hydrogens is 454 g/mol. The number of rotatable bonds is 7. The Hall–Kier alpha value is -4.43. The fourth-order valence-electron chi connectivity index (χ4n) is 3.32. The smallest absolute Gasteiger partial charge is 0.264 e. The molecule has 0 saturated carbocycles. The average Bonchev–Trinajstić information content (AvgIpc) is 3.37. The highest BCUT2D eigenvalue weighted by molar-refractivity contribution is 6.30. The maximum Gasteiger partial charge on any atom is 0.264 e. The van der Waals surface area contributed by atoms with Gasteiger partial charge in [0.15, 0.2) is 0 Å². The molecule has 0 radical (unpaired) electrons. The Morgan fingerprint density at radius 2 is 1.79 bits per heavy atom. The molecule has 1 N–H and O–H groups in total. The monoisotopic (exact) mass is 471 g/mol. The number of nitrogens with one attached hydrogen (secondary N) is 1. The molecule has 0 bridgehead atoms. The predicted octanol–water partition coefficient (Wildman–Crippen LogP) is 5.53. The van der Waals surface area contributed by atoms with E-state index in [9.17, 15) is 4.79 Å². The van der Waals surface area contributed by atoms with Crippen LogP contribution in [-0.2, 0) is 6.54 Å². The second-order valence-electron chi connectivity index (χ2n) is 7.32. The molecule has 3 heterocycles. The summed E-state index contributed by atoms with van der Waals surface area (Å²) in [6.07, 6.45) is 4.62. The molecule has 0 atom stereocenters. The summed E-state index contributed by atoms with van der Waals surface area (Å²) >= 11 is 6.03. The van der Waals surface area contributed by atoms with E-state index in [1.807, 2.05) is 30.3 Å². The fourth-order valence-corrected chi connectivity index (χ4v) is 3.45. The fraction of sp³-hybridized carbons (Fsp3) is 0.0400. The molecule has 2 aromatic carbocycles. The van der Waals surface area contributed by atoms with E-state index in [1.165, 1.54) is 12.5 Å². The van der Waals surface area contributed by atoms with Crippen LogP contribution in [0.4, 0.5) is 11.6 Å². The lowest BCUT2D eigenvalue weighted by molar-refractivity contribution is 0.367. The molecule has 0 aliphatic carbocycles. The van der Waals surface area contributed by atoms with Gasteiger partial charge in [0.2, 0.25) is 5.95 Å². The van der Waals surface area contributed by atoms with Crippen LogP contribution in [0.1, 0.15) is 5.56 Å². The van der Waals surface area contributed by atoms with E-state index in [4.69, 9.17) is 20.9 Å². The summed E-state index contributed by atoms with van der Waals surface area (Å²) < 4.78 is 11.9. The van der Waals surface area contributed by atoms with E-state index in [2.05, 4.69) is 20.4 Å². The van der Waals surface area contributed by atoms with E-state index >= 15 is 0 Å². The van der Waals surface area contributed by atoms with Gasteiger partial charge in [-0.3, -0.25) is 14.3 Å². The van der Waals surface area contributed by atoms with E-state index in [-0.39, 0.29) is 5.56 Å². The van der Waals surface area contributed by atoms with Crippen molar-refractivity contribution in [1.82, 2.24) is 19.7 Å². The summed E-state index contributed by atoms with van der Waals surface area (Å²) in [5.41, 5.74) is 2.40. The topological polar surface area (TPSA) is 95.1 Å². The number of pyridine rings is 1. The van der Waals surface area contributed by atoms with E-state index in [0.717, 1.165) is 11.3 Å². The van der Waals surface area contributed by atoms with Gasteiger partial charge < -0.3 is 14.6 Å². The third-order valence-corrected chi connectivity index (χ3v) is 5.24. The zero-order chi connectivity index (χ0) is 23.3. The highest BCUT2D eigenvalue weighted by atomic mass is 35.5. The maximum atomic E-state index is 13.5. The van der Waals surface area contributed by atoms with Crippen molar-refractivity contribution in [2.75, 3.05) is 5.32 Å². The lowest BCUT2D eigenvalue weighted by Crippen LogP contribution is -2.26. The second-order valence-corrected chi connectivity index (χ2v) is 7.75. The average molecular weight is 472 g/mol. The maximum absolute atomic E-state index is 13.5. The first-order valence-electron chi connectivity index (χ1n) is 10.4. The Morgan fingerprint density at radius 1 is 0.971 bits per heavy atom. The summed E-state index contributed by atoms with van der Waals surface area (Å²) in [6.45, 7) is 0.305. The molecule has 9 heteroatoms. The summed E-state index contributed by atoms with van der Waals surface area (Å²) in [5.74, 6) is 1.35. The van der Waals surface area contributed by atoms with Gasteiger partial charge in [0, 0.05) is 29.2 Å². The van der Waals surface area contributed by atoms with Crippen LogP contribution >= 0.6 is 11.6 Å². The SMILES string of the molecule is O=c1c(-c2ccccn2)cnc(Nc2ccc(Oc3ccon3)cc2)n1Cc1ccc(Cl)cc1. The van der Waals surface area contributed by atoms with Crippen LogP contribution in [0.3, 0.4) is 0 Å². The molecule has 0 amide bonds. The molecule has 5 aromatic rings. The Balaban J connectivity index is 1.47. The zero-order valence-electron chi connectivity index (χ0n) is 17.8. The van der Waals surface area contributed by atoms with Crippen LogP contribution in [0.15, 0.2) is 101 Å². The van der Waals surface area contributed by atoms with Gasteiger partial charge in [0.1, 0.15) is 12.0 Å². The number of halogens is 1. The van der Waals surface area contributed by atoms with E-state index < -0.39 is 0 Å². The molecule has 0 aliphatic heterocycles. The van der Waals surface area contributed by atoms with Gasteiger partial charge in [-0.25, -0.2) is 4.98 Å². The highest BCUT2D eigenvalue weighted by Crippen LogP contribution is 2.24. The van der Waals surface area contributed by atoms with Gasteiger partial charge in [0.25, 0.3) is 11.4 Å². The summed E-state index contributed by atoms with van der Waals surface area (Å²) in [7, 11) is 0. The first-order chi connectivity index (χ1) is 16.7. The lowest BCUT2D eigenvalue weighted by Gasteiger charge is -2.15. The highest BCUT2D eigenvalue weighted by Gasteiger charge is 2.14. The van der Waals surface area contributed by atoms with Gasteiger partial charge in [-0.05, 0) is 59.3 Å². The van der Waals surface area contributed by atoms with Crippen molar-refractivity contribution in [3.8, 4) is 22.9 Å². The van der Waals surface area contributed by atoms with Crippen molar-refractivity contribution in [3.63, 3.8) is 0 Å². The zero-order valence-corrected chi connectivity index (χ0v) is 18.5. The third kappa shape index (κ3) is 4.82. The van der Waals surface area contributed by atoms with Gasteiger partial charge in [-0.15, -0.1) is 0 Å². The van der Waals surface area contributed by atoms with Crippen LogP contribution in [0.25, 0.3) is 11.3 Å². The molecule has 0 saturated heterocycles. The molecule has 5 rings (SSSR count). The second kappa shape index (κ2) is 9.60. The minimum Gasteiger partial charge on any atom is -0.436 e. The third-order valence-electron chi connectivity index (χ3n) is 4.99. The van der Waals surface area contributed by atoms with Crippen molar-refractivity contribution in [2.24, 2.45) is 0 Å². The predicted molar refractivity (Wildman–Crippen MR) is 129 cm³/mol. The minimum absolute atomic E-state index is 0.211. The van der Waals surface area contributed by atoms with Crippen LogP contribution in [-0.4, -0.2) is 19.7 Å².